The van der Waals surface area contributed by atoms with E-state index in [4.69, 9.17) is 5.73 Å². The first-order chi connectivity index (χ1) is 8.07. The van der Waals surface area contributed by atoms with Gasteiger partial charge in [-0.15, -0.1) is 10.2 Å². The zero-order chi connectivity index (χ0) is 12.5. The van der Waals surface area contributed by atoms with Gasteiger partial charge in [0.05, 0.1) is 6.54 Å². The van der Waals surface area contributed by atoms with Crippen molar-refractivity contribution in [1.82, 2.24) is 14.8 Å². The van der Waals surface area contributed by atoms with Gasteiger partial charge in [0.1, 0.15) is 11.6 Å². The summed E-state index contributed by atoms with van der Waals surface area (Å²) in [6, 6.07) is 10.3. The molecule has 0 spiro atoms. The summed E-state index contributed by atoms with van der Waals surface area (Å²) in [6.07, 6.45) is 0. The standard InChI is InChI=1S/C13H18N4/c1-13(2,10-7-5-4-6-8-10)12-16-15-11(9-14)17(12)3/h4-8H,9,14H2,1-3H3. The molecule has 0 fully saturated rings. The van der Waals surface area contributed by atoms with Crippen molar-refractivity contribution in [1.29, 1.82) is 0 Å². The van der Waals surface area contributed by atoms with Crippen LogP contribution in [0.2, 0.25) is 0 Å². The van der Waals surface area contributed by atoms with Gasteiger partial charge in [-0.2, -0.15) is 0 Å². The first-order valence-corrected chi connectivity index (χ1v) is 5.71. The number of hydrogen-bond acceptors (Lipinski definition) is 3. The fourth-order valence-corrected chi connectivity index (χ4v) is 2.07. The molecule has 0 aliphatic rings. The summed E-state index contributed by atoms with van der Waals surface area (Å²) in [4.78, 5) is 0. The molecule has 0 aliphatic heterocycles. The third-order valence-corrected chi connectivity index (χ3v) is 3.20. The predicted octanol–water partition coefficient (Wildman–Crippen LogP) is 1.60. The van der Waals surface area contributed by atoms with Crippen molar-refractivity contribution in [2.24, 2.45) is 12.8 Å². The van der Waals surface area contributed by atoms with E-state index in [-0.39, 0.29) is 5.41 Å². The van der Waals surface area contributed by atoms with E-state index in [1.165, 1.54) is 5.56 Å². The molecule has 2 aromatic rings. The van der Waals surface area contributed by atoms with Crippen LogP contribution in [-0.2, 0) is 19.0 Å². The molecule has 90 valence electrons. The Morgan fingerprint density at radius 2 is 1.82 bits per heavy atom. The van der Waals surface area contributed by atoms with E-state index >= 15 is 0 Å². The second-order valence-electron chi connectivity index (χ2n) is 4.69. The average Bonchev–Trinajstić information content (AvgIpc) is 2.72. The monoisotopic (exact) mass is 230 g/mol. The zero-order valence-electron chi connectivity index (χ0n) is 10.5. The third-order valence-electron chi connectivity index (χ3n) is 3.20. The molecule has 0 aliphatic carbocycles. The largest absolute Gasteiger partial charge is 0.324 e. The lowest BCUT2D eigenvalue weighted by atomic mass is 9.84. The highest BCUT2D eigenvalue weighted by Gasteiger charge is 2.28. The number of aromatic nitrogens is 3. The van der Waals surface area contributed by atoms with Crippen LogP contribution in [0, 0.1) is 0 Å². The SMILES string of the molecule is Cn1c(CN)nnc1C(C)(C)c1ccccc1. The van der Waals surface area contributed by atoms with Gasteiger partial charge < -0.3 is 10.3 Å². The molecular weight excluding hydrogens is 212 g/mol. The molecule has 4 heteroatoms. The normalized spacial score (nSPS) is 11.8. The Hall–Kier alpha value is -1.68. The smallest absolute Gasteiger partial charge is 0.146 e. The minimum atomic E-state index is -0.170. The van der Waals surface area contributed by atoms with Crippen molar-refractivity contribution in [3.05, 3.63) is 47.5 Å². The Morgan fingerprint density at radius 3 is 2.35 bits per heavy atom. The number of nitrogens with zero attached hydrogens (tertiary/aromatic N) is 3. The van der Waals surface area contributed by atoms with Crippen LogP contribution >= 0.6 is 0 Å². The van der Waals surface area contributed by atoms with Crippen molar-refractivity contribution in [2.45, 2.75) is 25.8 Å². The van der Waals surface area contributed by atoms with Gasteiger partial charge in [0.2, 0.25) is 0 Å². The van der Waals surface area contributed by atoms with Crippen LogP contribution < -0.4 is 5.73 Å². The number of rotatable bonds is 3. The summed E-state index contributed by atoms with van der Waals surface area (Å²) < 4.78 is 1.98. The predicted molar refractivity (Wildman–Crippen MR) is 67.5 cm³/mol. The highest BCUT2D eigenvalue weighted by molar-refractivity contribution is 5.30. The summed E-state index contributed by atoms with van der Waals surface area (Å²) in [6.45, 7) is 4.70. The number of hydrogen-bond donors (Lipinski definition) is 1. The topological polar surface area (TPSA) is 56.7 Å². The highest BCUT2D eigenvalue weighted by Crippen LogP contribution is 2.29. The van der Waals surface area contributed by atoms with Gasteiger partial charge in [-0.25, -0.2) is 0 Å². The van der Waals surface area contributed by atoms with Gasteiger partial charge in [0, 0.05) is 12.5 Å². The van der Waals surface area contributed by atoms with E-state index < -0.39 is 0 Å². The Bertz CT molecular complexity index is 499. The Kier molecular flexibility index (Phi) is 2.98. The van der Waals surface area contributed by atoms with Crippen LogP contribution in [0.25, 0.3) is 0 Å². The molecular formula is C13H18N4. The Balaban J connectivity index is 2.48. The fourth-order valence-electron chi connectivity index (χ4n) is 2.07. The molecule has 17 heavy (non-hydrogen) atoms. The van der Waals surface area contributed by atoms with E-state index in [9.17, 15) is 0 Å². The van der Waals surface area contributed by atoms with Crippen molar-refractivity contribution in [3.63, 3.8) is 0 Å². The molecule has 4 nitrogen and oxygen atoms in total. The maximum atomic E-state index is 5.62. The van der Waals surface area contributed by atoms with Crippen molar-refractivity contribution in [3.8, 4) is 0 Å². The zero-order valence-corrected chi connectivity index (χ0v) is 10.5. The second kappa shape index (κ2) is 4.30. The van der Waals surface area contributed by atoms with Gasteiger partial charge in [0.25, 0.3) is 0 Å². The van der Waals surface area contributed by atoms with E-state index in [0.29, 0.717) is 6.54 Å². The molecule has 1 heterocycles. The third kappa shape index (κ3) is 1.96. The molecule has 0 radical (unpaired) electrons. The molecule has 2 N–H and O–H groups in total. The molecule has 0 bridgehead atoms. The van der Waals surface area contributed by atoms with Crippen LogP contribution in [0.15, 0.2) is 30.3 Å². The Labute approximate surface area is 101 Å². The fraction of sp³-hybridized carbons (Fsp3) is 0.385. The lowest BCUT2D eigenvalue weighted by Crippen LogP contribution is -2.24. The van der Waals surface area contributed by atoms with Gasteiger partial charge in [0.15, 0.2) is 0 Å². The van der Waals surface area contributed by atoms with Crippen molar-refractivity contribution < 1.29 is 0 Å². The lowest BCUT2D eigenvalue weighted by molar-refractivity contribution is 0.555. The molecule has 0 amide bonds. The van der Waals surface area contributed by atoms with Crippen molar-refractivity contribution in [2.75, 3.05) is 0 Å². The van der Waals surface area contributed by atoms with Crippen LogP contribution in [0.5, 0.6) is 0 Å². The number of benzene rings is 1. The molecule has 2 rings (SSSR count). The summed E-state index contributed by atoms with van der Waals surface area (Å²) in [7, 11) is 1.96. The summed E-state index contributed by atoms with van der Waals surface area (Å²) in [5.74, 6) is 1.74. The van der Waals surface area contributed by atoms with E-state index in [2.05, 4.69) is 36.2 Å². The molecule has 1 aromatic carbocycles. The van der Waals surface area contributed by atoms with E-state index in [1.54, 1.807) is 0 Å². The van der Waals surface area contributed by atoms with Gasteiger partial charge in [-0.1, -0.05) is 30.3 Å². The highest BCUT2D eigenvalue weighted by atomic mass is 15.3. The first kappa shape index (κ1) is 11.8. The average molecular weight is 230 g/mol. The van der Waals surface area contributed by atoms with Crippen molar-refractivity contribution >= 4 is 0 Å². The summed E-state index contributed by atoms with van der Waals surface area (Å²) >= 11 is 0. The van der Waals surface area contributed by atoms with Crippen LogP contribution in [-0.4, -0.2) is 14.8 Å². The molecule has 0 saturated heterocycles. The van der Waals surface area contributed by atoms with E-state index in [0.717, 1.165) is 11.6 Å². The van der Waals surface area contributed by atoms with Crippen LogP contribution in [0.1, 0.15) is 31.1 Å². The van der Waals surface area contributed by atoms with Gasteiger partial charge in [-0.3, -0.25) is 0 Å². The summed E-state index contributed by atoms with van der Waals surface area (Å²) in [5, 5.41) is 8.38. The quantitative estimate of drug-likeness (QED) is 0.871. The second-order valence-corrected chi connectivity index (χ2v) is 4.69. The first-order valence-electron chi connectivity index (χ1n) is 5.71. The maximum absolute atomic E-state index is 5.62. The molecule has 0 unspecified atom stereocenters. The van der Waals surface area contributed by atoms with Gasteiger partial charge in [-0.05, 0) is 19.4 Å². The lowest BCUT2D eigenvalue weighted by Gasteiger charge is -2.24. The van der Waals surface area contributed by atoms with Crippen LogP contribution in [0.4, 0.5) is 0 Å². The minimum Gasteiger partial charge on any atom is -0.324 e. The van der Waals surface area contributed by atoms with Gasteiger partial charge >= 0.3 is 0 Å². The minimum absolute atomic E-state index is 0.170. The van der Waals surface area contributed by atoms with E-state index in [1.807, 2.05) is 29.8 Å². The molecule has 0 saturated carbocycles. The maximum Gasteiger partial charge on any atom is 0.146 e. The molecule has 1 aromatic heterocycles. The van der Waals surface area contributed by atoms with Crippen LogP contribution in [0.3, 0.4) is 0 Å². The number of nitrogens with two attached hydrogens (primary N) is 1. The molecule has 0 atom stereocenters. The summed E-state index contributed by atoms with van der Waals surface area (Å²) in [5.41, 5.74) is 6.67. The Morgan fingerprint density at radius 1 is 1.18 bits per heavy atom.